The molecular weight excluding hydrogens is 386 g/mol. The van der Waals surface area contributed by atoms with Gasteiger partial charge in [-0.1, -0.05) is 20.8 Å². The van der Waals surface area contributed by atoms with Crippen molar-refractivity contribution in [2.24, 2.45) is 0 Å². The van der Waals surface area contributed by atoms with Gasteiger partial charge in [0.05, 0.1) is 35.7 Å². The van der Waals surface area contributed by atoms with Gasteiger partial charge in [0, 0.05) is 25.7 Å². The first-order valence-electron chi connectivity index (χ1n) is 9.06. The summed E-state index contributed by atoms with van der Waals surface area (Å²) in [5, 5.41) is 18.6. The van der Waals surface area contributed by atoms with Crippen molar-refractivity contribution < 1.29 is 9.59 Å². The molecule has 0 atom stereocenters. The summed E-state index contributed by atoms with van der Waals surface area (Å²) in [5.41, 5.74) is 0.101. The molecule has 11 nitrogen and oxygen atoms in total. The van der Waals surface area contributed by atoms with Crippen molar-refractivity contribution in [1.82, 2.24) is 35.9 Å². The number of hydrogen-bond donors (Lipinski definition) is 5. The van der Waals surface area contributed by atoms with Gasteiger partial charge >= 0.3 is 0 Å². The van der Waals surface area contributed by atoms with Crippen LogP contribution in [-0.4, -0.2) is 51.6 Å². The number of aromatic nitrogens is 4. The first kappa shape index (κ1) is 22.4. The third kappa shape index (κ3) is 5.56. The topological polar surface area (TPSA) is 158 Å². The Hall–Kier alpha value is -3.89. The van der Waals surface area contributed by atoms with Crippen LogP contribution in [0.2, 0.25) is 0 Å². The Morgan fingerprint density at radius 1 is 1.10 bits per heavy atom. The van der Waals surface area contributed by atoms with E-state index in [-0.39, 0.29) is 11.4 Å². The van der Waals surface area contributed by atoms with Crippen LogP contribution in [0.1, 0.15) is 37.1 Å². The van der Waals surface area contributed by atoms with E-state index >= 15 is 0 Å². The van der Waals surface area contributed by atoms with Crippen molar-refractivity contribution >= 4 is 28.9 Å². The minimum Gasteiger partial charge on any atom is -0.392 e. The maximum absolute atomic E-state index is 13.1. The summed E-state index contributed by atoms with van der Waals surface area (Å²) in [6.45, 7) is 5.78. The number of nitrogens with one attached hydrogen (secondary N) is 5. The average Bonchev–Trinajstić information content (AvgIpc) is 2.72. The number of carbonyl (C=O) groups is 2. The lowest BCUT2D eigenvalue weighted by Crippen LogP contribution is -2.37. The number of anilines is 2. The Labute approximate surface area is 174 Å². The quantitative estimate of drug-likeness (QED) is 0.420. The second-order valence-corrected chi connectivity index (χ2v) is 7.21. The minimum absolute atomic E-state index is 0.00762. The van der Waals surface area contributed by atoms with Gasteiger partial charge in [-0.3, -0.25) is 15.0 Å². The number of amides is 2. The predicted octanol–water partition coefficient (Wildman–Crippen LogP) is 0.864. The summed E-state index contributed by atoms with van der Waals surface area (Å²) in [4.78, 5) is 41.5. The Bertz CT molecular complexity index is 966. The average molecular weight is 411 g/mol. The Morgan fingerprint density at radius 3 is 2.33 bits per heavy atom. The zero-order valence-corrected chi connectivity index (χ0v) is 17.5. The first-order chi connectivity index (χ1) is 14.2. The van der Waals surface area contributed by atoms with E-state index in [9.17, 15) is 9.59 Å². The van der Waals surface area contributed by atoms with Gasteiger partial charge in [-0.05, 0) is 0 Å². The molecule has 0 spiro atoms. The molecular formula is C19H25N9O2. The van der Waals surface area contributed by atoms with Crippen molar-refractivity contribution in [3.05, 3.63) is 48.3 Å². The molecule has 0 saturated carbocycles. The molecule has 2 heterocycles. The van der Waals surface area contributed by atoms with Gasteiger partial charge in [-0.25, -0.2) is 19.9 Å². The second kappa shape index (κ2) is 9.54. The summed E-state index contributed by atoms with van der Waals surface area (Å²) in [6, 6.07) is 0. The highest BCUT2D eigenvalue weighted by Crippen LogP contribution is 2.23. The molecule has 0 unspecified atom stereocenters. The lowest BCUT2D eigenvalue weighted by Gasteiger charge is -2.19. The summed E-state index contributed by atoms with van der Waals surface area (Å²) >= 11 is 0. The molecule has 0 aliphatic carbocycles. The van der Waals surface area contributed by atoms with E-state index < -0.39 is 22.9 Å². The molecule has 2 aromatic heterocycles. The molecule has 11 heteroatoms. The van der Waals surface area contributed by atoms with Gasteiger partial charge in [0.15, 0.2) is 5.69 Å². The maximum atomic E-state index is 13.1. The van der Waals surface area contributed by atoms with E-state index in [0.29, 0.717) is 17.2 Å². The molecule has 2 aromatic rings. The Morgan fingerprint density at radius 2 is 1.77 bits per heavy atom. The molecule has 0 aliphatic rings. The highest BCUT2D eigenvalue weighted by Gasteiger charge is 2.24. The summed E-state index contributed by atoms with van der Waals surface area (Å²) in [5.74, 6) is -0.796. The number of rotatable bonds is 7. The second-order valence-electron chi connectivity index (χ2n) is 7.21. The van der Waals surface area contributed by atoms with E-state index in [1.54, 1.807) is 19.4 Å². The van der Waals surface area contributed by atoms with Crippen molar-refractivity contribution in [3.8, 4) is 0 Å². The first-order valence-corrected chi connectivity index (χ1v) is 9.06. The van der Waals surface area contributed by atoms with E-state index in [2.05, 4.69) is 41.2 Å². The number of hydrogen-bond acceptors (Lipinski definition) is 9. The van der Waals surface area contributed by atoms with Crippen LogP contribution in [0.3, 0.4) is 0 Å². The highest BCUT2D eigenvalue weighted by molar-refractivity contribution is 6.44. The Kier molecular flexibility index (Phi) is 7.13. The predicted molar refractivity (Wildman–Crippen MR) is 112 cm³/mol. The molecule has 0 aromatic carbocycles. The Balaban J connectivity index is 2.44. The van der Waals surface area contributed by atoms with Gasteiger partial charge in [-0.15, -0.1) is 0 Å². The fourth-order valence-corrected chi connectivity index (χ4v) is 2.27. The SMILES string of the molecule is CN/C=C(/NC(=O)c1nc(C(C)(C)C)ncc1Nc1cncnc1)C(=N)C(=O)NC. The summed E-state index contributed by atoms with van der Waals surface area (Å²) < 4.78 is 0. The fraction of sp³-hybridized carbons (Fsp3) is 0.316. The molecule has 2 rings (SSSR count). The van der Waals surface area contributed by atoms with Crippen LogP contribution in [0.4, 0.5) is 11.4 Å². The van der Waals surface area contributed by atoms with E-state index in [1.165, 1.54) is 25.8 Å². The normalized spacial score (nSPS) is 11.4. The molecule has 158 valence electrons. The van der Waals surface area contributed by atoms with Crippen LogP contribution in [0, 0.1) is 5.41 Å². The number of nitrogens with zero attached hydrogens (tertiary/aromatic N) is 4. The third-order valence-corrected chi connectivity index (χ3v) is 3.77. The van der Waals surface area contributed by atoms with Crippen LogP contribution in [0.25, 0.3) is 0 Å². The summed E-state index contributed by atoms with van der Waals surface area (Å²) in [7, 11) is 2.99. The molecule has 5 N–H and O–H groups in total. The molecule has 0 fully saturated rings. The third-order valence-electron chi connectivity index (χ3n) is 3.77. The van der Waals surface area contributed by atoms with Gasteiger partial charge in [0.25, 0.3) is 11.8 Å². The standard InChI is InChI=1S/C19H25N9O2/c1-19(2,3)18-25-9-13(26-11-6-23-10-24-7-11)15(28-18)17(30)27-12(8-21-4)14(20)16(29)22-5/h6-10,20-21,26H,1-5H3,(H,22,29)(H,27,30)/b12-8+,20-14?. The maximum Gasteiger partial charge on any atom is 0.276 e. The fourth-order valence-electron chi connectivity index (χ4n) is 2.27. The lowest BCUT2D eigenvalue weighted by atomic mass is 9.95. The van der Waals surface area contributed by atoms with Gasteiger partial charge < -0.3 is 21.3 Å². The van der Waals surface area contributed by atoms with Crippen LogP contribution in [0.5, 0.6) is 0 Å². The van der Waals surface area contributed by atoms with Gasteiger partial charge in [0.1, 0.15) is 17.9 Å². The molecule has 0 aliphatic heterocycles. The van der Waals surface area contributed by atoms with Gasteiger partial charge in [-0.2, -0.15) is 0 Å². The minimum atomic E-state index is -0.644. The van der Waals surface area contributed by atoms with Crippen LogP contribution >= 0.6 is 0 Å². The van der Waals surface area contributed by atoms with Crippen molar-refractivity contribution in [2.45, 2.75) is 26.2 Å². The number of carbonyl (C=O) groups excluding carboxylic acids is 2. The van der Waals surface area contributed by atoms with Crippen molar-refractivity contribution in [2.75, 3.05) is 19.4 Å². The molecule has 2 amide bonds. The molecule has 0 bridgehead atoms. The largest absolute Gasteiger partial charge is 0.392 e. The van der Waals surface area contributed by atoms with Crippen LogP contribution in [-0.2, 0) is 10.2 Å². The summed E-state index contributed by atoms with van der Waals surface area (Å²) in [6.07, 6.45) is 7.32. The molecule has 0 radical (unpaired) electrons. The van der Waals surface area contributed by atoms with Crippen LogP contribution < -0.4 is 21.3 Å². The zero-order valence-electron chi connectivity index (χ0n) is 17.5. The van der Waals surface area contributed by atoms with Crippen LogP contribution in [0.15, 0.2) is 36.8 Å². The highest BCUT2D eigenvalue weighted by atomic mass is 16.2. The van der Waals surface area contributed by atoms with E-state index in [4.69, 9.17) is 5.41 Å². The molecule has 0 saturated heterocycles. The zero-order chi connectivity index (χ0) is 22.3. The smallest absolute Gasteiger partial charge is 0.276 e. The van der Waals surface area contributed by atoms with E-state index in [0.717, 1.165) is 0 Å². The monoisotopic (exact) mass is 411 g/mol. The van der Waals surface area contributed by atoms with Gasteiger partial charge in [0.2, 0.25) is 0 Å². The van der Waals surface area contributed by atoms with Crippen molar-refractivity contribution in [1.29, 1.82) is 5.41 Å². The molecule has 30 heavy (non-hydrogen) atoms. The van der Waals surface area contributed by atoms with Crippen molar-refractivity contribution in [3.63, 3.8) is 0 Å². The lowest BCUT2D eigenvalue weighted by molar-refractivity contribution is -0.114. The van der Waals surface area contributed by atoms with E-state index in [1.807, 2.05) is 20.8 Å².